The fourth-order valence-corrected chi connectivity index (χ4v) is 3.37. The average Bonchev–Trinajstić information content (AvgIpc) is 2.73. The van der Waals surface area contributed by atoms with Gasteiger partial charge in [0.2, 0.25) is 0 Å². The highest BCUT2D eigenvalue weighted by Gasteiger charge is 2.09. The van der Waals surface area contributed by atoms with Gasteiger partial charge in [-0.1, -0.05) is 58.4 Å². The highest BCUT2D eigenvalue weighted by atomic mass is 19.1. The Morgan fingerprint density at radius 1 is 0.931 bits per heavy atom. The fourth-order valence-electron chi connectivity index (χ4n) is 3.37. The van der Waals surface area contributed by atoms with Crippen molar-refractivity contribution in [3.05, 3.63) is 47.9 Å². The molecule has 0 aliphatic rings. The lowest BCUT2D eigenvalue weighted by molar-refractivity contribution is 0.290. The molecule has 0 bridgehead atoms. The molecule has 0 fully saturated rings. The van der Waals surface area contributed by atoms with Crippen LogP contribution in [-0.2, 0) is 6.42 Å². The van der Waals surface area contributed by atoms with Crippen LogP contribution in [-0.4, -0.2) is 17.8 Å². The van der Waals surface area contributed by atoms with Gasteiger partial charge in [0.1, 0.15) is 6.17 Å². The van der Waals surface area contributed by atoms with Crippen LogP contribution in [0.25, 0.3) is 11.3 Å². The van der Waals surface area contributed by atoms with E-state index in [0.717, 1.165) is 30.4 Å². The van der Waals surface area contributed by atoms with Crippen molar-refractivity contribution in [3.8, 4) is 17.0 Å². The molecule has 1 atom stereocenters. The van der Waals surface area contributed by atoms with Crippen molar-refractivity contribution in [1.82, 2.24) is 4.98 Å². The maximum atomic E-state index is 14.4. The first kappa shape index (κ1) is 23.3. The minimum atomic E-state index is -0.752. The minimum Gasteiger partial charge on any atom is -0.491 e. The summed E-state index contributed by atoms with van der Waals surface area (Å²) in [5.74, 6) is -0.0666. The summed E-state index contributed by atoms with van der Waals surface area (Å²) in [5, 5.41) is 0. The van der Waals surface area contributed by atoms with Crippen LogP contribution in [0.15, 0.2) is 36.5 Å². The van der Waals surface area contributed by atoms with E-state index in [2.05, 4.69) is 11.9 Å². The number of ether oxygens (including phenoxy) is 1. The van der Waals surface area contributed by atoms with E-state index in [1.807, 2.05) is 25.1 Å². The molecule has 1 unspecified atom stereocenters. The Morgan fingerprint density at radius 2 is 1.72 bits per heavy atom. The lowest BCUT2D eigenvalue weighted by Crippen LogP contribution is -2.02. The quantitative estimate of drug-likeness (QED) is 0.302. The SMILES string of the molecule is CCCCCCCCOc1ccc(-c2ccc(CCC(F)CCC)cn2)cc1F. The Hall–Kier alpha value is -1.97. The Balaban J connectivity index is 1.82. The predicted molar refractivity (Wildman–Crippen MR) is 117 cm³/mol. The van der Waals surface area contributed by atoms with Gasteiger partial charge in [-0.2, -0.15) is 0 Å². The second kappa shape index (κ2) is 13.3. The molecule has 160 valence electrons. The molecule has 1 heterocycles. The van der Waals surface area contributed by atoms with E-state index in [1.165, 1.54) is 31.7 Å². The summed E-state index contributed by atoms with van der Waals surface area (Å²) in [6.45, 7) is 4.74. The molecule has 0 saturated carbocycles. The lowest BCUT2D eigenvalue weighted by atomic mass is 10.0. The Labute approximate surface area is 174 Å². The molecule has 2 rings (SSSR count). The average molecular weight is 404 g/mol. The van der Waals surface area contributed by atoms with E-state index in [4.69, 9.17) is 4.74 Å². The normalized spacial score (nSPS) is 12.1. The molecule has 2 aromatic rings. The number of pyridine rings is 1. The van der Waals surface area contributed by atoms with Gasteiger partial charge in [0.15, 0.2) is 11.6 Å². The van der Waals surface area contributed by atoms with E-state index in [0.29, 0.717) is 37.3 Å². The molecule has 0 amide bonds. The molecule has 0 N–H and O–H groups in total. The molecule has 1 aromatic carbocycles. The third kappa shape index (κ3) is 8.51. The van der Waals surface area contributed by atoms with Crippen molar-refractivity contribution in [1.29, 1.82) is 0 Å². The van der Waals surface area contributed by atoms with Gasteiger partial charge in [-0.3, -0.25) is 4.98 Å². The maximum absolute atomic E-state index is 14.4. The van der Waals surface area contributed by atoms with Crippen molar-refractivity contribution in [3.63, 3.8) is 0 Å². The molecular formula is C25H35F2NO. The van der Waals surface area contributed by atoms with Gasteiger partial charge in [-0.25, -0.2) is 8.78 Å². The summed E-state index contributed by atoms with van der Waals surface area (Å²) >= 11 is 0. The first-order chi connectivity index (χ1) is 14.1. The molecular weight excluding hydrogens is 368 g/mol. The second-order valence-corrected chi connectivity index (χ2v) is 7.74. The van der Waals surface area contributed by atoms with E-state index >= 15 is 0 Å². The number of alkyl halides is 1. The summed E-state index contributed by atoms with van der Waals surface area (Å²) in [6, 6.07) is 8.80. The van der Waals surface area contributed by atoms with E-state index in [-0.39, 0.29) is 5.82 Å². The van der Waals surface area contributed by atoms with Crippen LogP contribution in [0.2, 0.25) is 0 Å². The number of aryl methyl sites for hydroxylation is 1. The number of rotatable bonds is 14. The molecule has 0 spiro atoms. The number of hydrogen-bond acceptors (Lipinski definition) is 2. The maximum Gasteiger partial charge on any atom is 0.165 e. The molecule has 0 aliphatic heterocycles. The molecule has 29 heavy (non-hydrogen) atoms. The van der Waals surface area contributed by atoms with Crippen LogP contribution in [0.3, 0.4) is 0 Å². The van der Waals surface area contributed by atoms with Crippen LogP contribution in [0, 0.1) is 5.82 Å². The number of halogens is 2. The van der Waals surface area contributed by atoms with Gasteiger partial charge in [0, 0.05) is 11.8 Å². The number of nitrogens with zero attached hydrogens (tertiary/aromatic N) is 1. The van der Waals surface area contributed by atoms with Crippen molar-refractivity contribution in [2.24, 2.45) is 0 Å². The van der Waals surface area contributed by atoms with E-state index in [1.54, 1.807) is 12.3 Å². The summed E-state index contributed by atoms with van der Waals surface area (Å²) in [5.41, 5.74) is 2.43. The molecule has 2 nitrogen and oxygen atoms in total. The number of unbranched alkanes of at least 4 members (excludes halogenated alkanes) is 5. The zero-order chi connectivity index (χ0) is 20.9. The number of benzene rings is 1. The first-order valence-corrected chi connectivity index (χ1v) is 11.2. The monoisotopic (exact) mass is 403 g/mol. The van der Waals surface area contributed by atoms with Crippen LogP contribution in [0.5, 0.6) is 5.75 Å². The van der Waals surface area contributed by atoms with Gasteiger partial charge >= 0.3 is 0 Å². The minimum absolute atomic E-state index is 0.295. The summed E-state index contributed by atoms with van der Waals surface area (Å²) in [7, 11) is 0. The molecule has 1 aromatic heterocycles. The number of aromatic nitrogens is 1. The van der Waals surface area contributed by atoms with Crippen molar-refractivity contribution >= 4 is 0 Å². The van der Waals surface area contributed by atoms with Gasteiger partial charge in [-0.05, 0) is 55.5 Å². The zero-order valence-electron chi connectivity index (χ0n) is 17.9. The summed E-state index contributed by atoms with van der Waals surface area (Å²) < 4.78 is 33.6. The van der Waals surface area contributed by atoms with Crippen molar-refractivity contribution < 1.29 is 13.5 Å². The smallest absolute Gasteiger partial charge is 0.165 e. The number of hydrogen-bond donors (Lipinski definition) is 0. The lowest BCUT2D eigenvalue weighted by Gasteiger charge is -2.10. The first-order valence-electron chi connectivity index (χ1n) is 11.2. The van der Waals surface area contributed by atoms with Crippen LogP contribution in [0.4, 0.5) is 8.78 Å². The fraction of sp³-hybridized carbons (Fsp3) is 0.560. The van der Waals surface area contributed by atoms with E-state index in [9.17, 15) is 8.78 Å². The van der Waals surface area contributed by atoms with Crippen molar-refractivity contribution in [2.75, 3.05) is 6.61 Å². The van der Waals surface area contributed by atoms with Crippen LogP contribution in [0.1, 0.15) is 77.2 Å². The van der Waals surface area contributed by atoms with Crippen molar-refractivity contribution in [2.45, 2.75) is 84.2 Å². The summed E-state index contributed by atoms with van der Waals surface area (Å²) in [6.07, 6.45) is 10.7. The second-order valence-electron chi connectivity index (χ2n) is 7.74. The Bertz CT molecular complexity index is 702. The molecule has 0 radical (unpaired) electrons. The van der Waals surface area contributed by atoms with Crippen LogP contribution >= 0.6 is 0 Å². The highest BCUT2D eigenvalue weighted by molar-refractivity contribution is 5.60. The predicted octanol–water partition coefficient (Wildman–Crippen LogP) is 7.70. The molecule has 0 aliphatic carbocycles. The molecule has 4 heteroatoms. The Morgan fingerprint density at radius 3 is 2.41 bits per heavy atom. The van der Waals surface area contributed by atoms with E-state index < -0.39 is 6.17 Å². The van der Waals surface area contributed by atoms with Gasteiger partial charge in [0.05, 0.1) is 12.3 Å². The third-order valence-electron chi connectivity index (χ3n) is 5.16. The van der Waals surface area contributed by atoms with Gasteiger partial charge < -0.3 is 4.74 Å². The molecule has 0 saturated heterocycles. The van der Waals surface area contributed by atoms with Gasteiger partial charge in [0.25, 0.3) is 0 Å². The summed E-state index contributed by atoms with van der Waals surface area (Å²) in [4.78, 5) is 4.42. The Kier molecular flexibility index (Phi) is 10.7. The topological polar surface area (TPSA) is 22.1 Å². The zero-order valence-corrected chi connectivity index (χ0v) is 17.9. The van der Waals surface area contributed by atoms with Crippen LogP contribution < -0.4 is 4.74 Å². The highest BCUT2D eigenvalue weighted by Crippen LogP contribution is 2.25. The standard InChI is InChI=1S/C25H35F2NO/c1-3-5-6-7-8-9-17-29-25-16-13-21(18-23(25)27)24-15-12-20(19-28-24)11-14-22(26)10-4-2/h12-13,15-16,18-19,22H,3-11,14,17H2,1-2H3. The van der Waals surface area contributed by atoms with Gasteiger partial charge in [-0.15, -0.1) is 0 Å². The largest absolute Gasteiger partial charge is 0.491 e. The third-order valence-corrected chi connectivity index (χ3v) is 5.16.